The van der Waals surface area contributed by atoms with Gasteiger partial charge in [-0.3, -0.25) is 0 Å². The number of benzene rings is 1. The Labute approximate surface area is 106 Å². The lowest BCUT2D eigenvalue weighted by atomic mass is 9.82. The van der Waals surface area contributed by atoms with Gasteiger partial charge < -0.3 is 5.32 Å². The Morgan fingerprint density at radius 1 is 1.18 bits per heavy atom. The van der Waals surface area contributed by atoms with Crippen LogP contribution in [0.2, 0.25) is 0 Å². The molecule has 1 aromatic rings. The molecule has 94 valence electrons. The van der Waals surface area contributed by atoms with Crippen LogP contribution in [0.5, 0.6) is 0 Å². The van der Waals surface area contributed by atoms with Crippen molar-refractivity contribution in [2.45, 2.75) is 58.0 Å². The summed E-state index contributed by atoms with van der Waals surface area (Å²) in [6, 6.07) is 12.0. The first kappa shape index (κ1) is 12.6. The molecule has 0 heterocycles. The molecule has 1 saturated carbocycles. The normalized spacial score (nSPS) is 26.7. The molecule has 1 aliphatic carbocycles. The van der Waals surface area contributed by atoms with Gasteiger partial charge in [0.25, 0.3) is 0 Å². The van der Waals surface area contributed by atoms with Gasteiger partial charge in [-0.05, 0) is 31.2 Å². The largest absolute Gasteiger partial charge is 0.307 e. The topological polar surface area (TPSA) is 12.0 Å². The van der Waals surface area contributed by atoms with Gasteiger partial charge in [0.05, 0.1) is 0 Å². The Morgan fingerprint density at radius 2 is 1.88 bits per heavy atom. The van der Waals surface area contributed by atoms with Crippen LogP contribution in [-0.2, 0) is 0 Å². The van der Waals surface area contributed by atoms with Crippen molar-refractivity contribution in [1.82, 2.24) is 5.32 Å². The molecule has 0 unspecified atom stereocenters. The standard InChI is InChI=1S/C16H25N/c1-3-14-9-7-8-12-16(14)17-13(2)15-10-5-4-6-11-15/h4-6,10-11,13-14,16-17H,3,7-9,12H2,1-2H3/t13-,14+,16-/m0/s1. The molecule has 0 saturated heterocycles. The van der Waals surface area contributed by atoms with E-state index in [0.29, 0.717) is 6.04 Å². The monoisotopic (exact) mass is 231 g/mol. The molecule has 1 fully saturated rings. The fourth-order valence-electron chi connectivity index (χ4n) is 3.07. The lowest BCUT2D eigenvalue weighted by Crippen LogP contribution is -2.39. The summed E-state index contributed by atoms with van der Waals surface area (Å²) in [4.78, 5) is 0. The average molecular weight is 231 g/mol. The van der Waals surface area contributed by atoms with Crippen molar-refractivity contribution in [2.24, 2.45) is 5.92 Å². The van der Waals surface area contributed by atoms with Gasteiger partial charge in [-0.1, -0.05) is 56.5 Å². The van der Waals surface area contributed by atoms with E-state index in [1.807, 2.05) is 0 Å². The first-order valence-electron chi connectivity index (χ1n) is 7.12. The van der Waals surface area contributed by atoms with Gasteiger partial charge in [0.2, 0.25) is 0 Å². The Kier molecular flexibility index (Phi) is 4.61. The molecule has 0 aliphatic heterocycles. The van der Waals surface area contributed by atoms with Crippen LogP contribution in [0.1, 0.15) is 57.6 Å². The van der Waals surface area contributed by atoms with E-state index in [0.717, 1.165) is 12.0 Å². The summed E-state index contributed by atoms with van der Waals surface area (Å²) in [5, 5.41) is 3.84. The second-order valence-electron chi connectivity index (χ2n) is 5.36. The third-order valence-electron chi connectivity index (χ3n) is 4.20. The van der Waals surface area contributed by atoms with Crippen molar-refractivity contribution >= 4 is 0 Å². The van der Waals surface area contributed by atoms with Crippen LogP contribution in [0, 0.1) is 5.92 Å². The number of rotatable bonds is 4. The molecule has 0 bridgehead atoms. The third-order valence-corrected chi connectivity index (χ3v) is 4.20. The maximum atomic E-state index is 3.84. The molecule has 0 radical (unpaired) electrons. The highest BCUT2D eigenvalue weighted by Crippen LogP contribution is 2.28. The molecule has 1 N–H and O–H groups in total. The SMILES string of the molecule is CC[C@@H]1CCCC[C@@H]1N[C@@H](C)c1ccccc1. The average Bonchev–Trinajstić information content (AvgIpc) is 2.40. The highest BCUT2D eigenvalue weighted by molar-refractivity contribution is 5.18. The summed E-state index contributed by atoms with van der Waals surface area (Å²) in [6.45, 7) is 4.62. The fourth-order valence-corrected chi connectivity index (χ4v) is 3.07. The lowest BCUT2D eigenvalue weighted by Gasteiger charge is -2.34. The minimum atomic E-state index is 0.480. The molecule has 0 spiro atoms. The molecule has 17 heavy (non-hydrogen) atoms. The van der Waals surface area contributed by atoms with Gasteiger partial charge in [0, 0.05) is 12.1 Å². The molecule has 1 heteroatoms. The Bertz CT molecular complexity index is 320. The van der Waals surface area contributed by atoms with Crippen LogP contribution in [0.25, 0.3) is 0 Å². The molecular formula is C16H25N. The van der Waals surface area contributed by atoms with E-state index >= 15 is 0 Å². The maximum absolute atomic E-state index is 3.84. The predicted molar refractivity (Wildman–Crippen MR) is 74.0 cm³/mol. The van der Waals surface area contributed by atoms with Crippen LogP contribution in [0.3, 0.4) is 0 Å². The molecule has 1 aliphatic rings. The summed E-state index contributed by atoms with van der Waals surface area (Å²) < 4.78 is 0. The lowest BCUT2D eigenvalue weighted by molar-refractivity contribution is 0.240. The van der Waals surface area contributed by atoms with Gasteiger partial charge in [0.1, 0.15) is 0 Å². The van der Waals surface area contributed by atoms with Gasteiger partial charge in [-0.25, -0.2) is 0 Å². The summed E-state index contributed by atoms with van der Waals surface area (Å²) in [5.74, 6) is 0.884. The van der Waals surface area contributed by atoms with E-state index in [1.165, 1.54) is 37.7 Å². The van der Waals surface area contributed by atoms with Gasteiger partial charge in [-0.2, -0.15) is 0 Å². The Morgan fingerprint density at radius 3 is 2.59 bits per heavy atom. The fraction of sp³-hybridized carbons (Fsp3) is 0.625. The van der Waals surface area contributed by atoms with Crippen LogP contribution < -0.4 is 5.32 Å². The van der Waals surface area contributed by atoms with Crippen LogP contribution >= 0.6 is 0 Å². The van der Waals surface area contributed by atoms with Crippen molar-refractivity contribution < 1.29 is 0 Å². The molecule has 3 atom stereocenters. The number of hydrogen-bond acceptors (Lipinski definition) is 1. The van der Waals surface area contributed by atoms with E-state index < -0.39 is 0 Å². The zero-order chi connectivity index (χ0) is 12.1. The number of nitrogens with one attached hydrogen (secondary N) is 1. The molecule has 0 amide bonds. The Hall–Kier alpha value is -0.820. The maximum Gasteiger partial charge on any atom is 0.0294 e. The predicted octanol–water partition coefficient (Wildman–Crippen LogP) is 4.31. The minimum absolute atomic E-state index is 0.480. The van der Waals surface area contributed by atoms with Gasteiger partial charge in [-0.15, -0.1) is 0 Å². The summed E-state index contributed by atoms with van der Waals surface area (Å²) in [7, 11) is 0. The highest BCUT2D eigenvalue weighted by Gasteiger charge is 2.24. The van der Waals surface area contributed by atoms with Crippen molar-refractivity contribution in [2.75, 3.05) is 0 Å². The van der Waals surface area contributed by atoms with E-state index in [1.54, 1.807) is 0 Å². The van der Waals surface area contributed by atoms with E-state index in [9.17, 15) is 0 Å². The molecular weight excluding hydrogens is 206 g/mol. The van der Waals surface area contributed by atoms with Crippen LogP contribution in [-0.4, -0.2) is 6.04 Å². The van der Waals surface area contributed by atoms with E-state index in [-0.39, 0.29) is 0 Å². The van der Waals surface area contributed by atoms with Crippen molar-refractivity contribution in [3.8, 4) is 0 Å². The van der Waals surface area contributed by atoms with Crippen molar-refractivity contribution in [3.63, 3.8) is 0 Å². The van der Waals surface area contributed by atoms with Crippen molar-refractivity contribution in [3.05, 3.63) is 35.9 Å². The number of hydrogen-bond donors (Lipinski definition) is 1. The Balaban J connectivity index is 1.95. The van der Waals surface area contributed by atoms with E-state index in [4.69, 9.17) is 0 Å². The van der Waals surface area contributed by atoms with Crippen LogP contribution in [0.4, 0.5) is 0 Å². The van der Waals surface area contributed by atoms with Gasteiger partial charge in [0.15, 0.2) is 0 Å². The molecule has 2 rings (SSSR count). The smallest absolute Gasteiger partial charge is 0.0294 e. The van der Waals surface area contributed by atoms with Gasteiger partial charge >= 0.3 is 0 Å². The van der Waals surface area contributed by atoms with E-state index in [2.05, 4.69) is 49.5 Å². The summed E-state index contributed by atoms with van der Waals surface area (Å²) in [5.41, 5.74) is 1.41. The highest BCUT2D eigenvalue weighted by atomic mass is 15.0. The molecule has 0 aromatic heterocycles. The summed E-state index contributed by atoms with van der Waals surface area (Å²) >= 11 is 0. The minimum Gasteiger partial charge on any atom is -0.307 e. The first-order valence-corrected chi connectivity index (χ1v) is 7.12. The first-order chi connectivity index (χ1) is 8.31. The second-order valence-corrected chi connectivity index (χ2v) is 5.36. The zero-order valence-corrected chi connectivity index (χ0v) is 11.2. The zero-order valence-electron chi connectivity index (χ0n) is 11.2. The van der Waals surface area contributed by atoms with Crippen molar-refractivity contribution in [1.29, 1.82) is 0 Å². The van der Waals surface area contributed by atoms with Crippen LogP contribution in [0.15, 0.2) is 30.3 Å². The second kappa shape index (κ2) is 6.20. The molecule has 1 nitrogen and oxygen atoms in total. The molecule has 1 aromatic carbocycles. The quantitative estimate of drug-likeness (QED) is 0.814. The summed E-state index contributed by atoms with van der Waals surface area (Å²) in [6.07, 6.45) is 6.91. The third kappa shape index (κ3) is 3.32.